The molecular weight excluding hydrogens is 508 g/mol. The standard InChI is InChI=1S/C36H30N2O3/c1-36(2,3)32-21-25(33-34(39)29-20-24-9-8-18-37-31(24)22-30(29)35(33)40)19-28(41-32)17-14-23-12-15-27(16-13-23)38(4)26-10-6-5-7-11-26/h5-22H,1-4H3. The van der Waals surface area contributed by atoms with E-state index in [-0.39, 0.29) is 22.6 Å². The van der Waals surface area contributed by atoms with Gasteiger partial charge in [-0.3, -0.25) is 14.6 Å². The summed E-state index contributed by atoms with van der Waals surface area (Å²) in [7, 11) is 2.04. The lowest BCUT2D eigenvalue weighted by molar-refractivity contribution is 0.0987. The zero-order valence-electron chi connectivity index (χ0n) is 23.5. The topological polar surface area (TPSA) is 59.5 Å². The maximum absolute atomic E-state index is 13.6. The number of benzene rings is 3. The predicted octanol–water partition coefficient (Wildman–Crippen LogP) is 8.24. The first-order chi connectivity index (χ1) is 19.7. The predicted molar refractivity (Wildman–Crippen MR) is 164 cm³/mol. The number of para-hydroxylation sites is 1. The molecular formula is C36H30N2O3. The van der Waals surface area contributed by atoms with Gasteiger partial charge in [0.15, 0.2) is 11.6 Å². The van der Waals surface area contributed by atoms with Crippen molar-refractivity contribution in [2.24, 2.45) is 5.41 Å². The zero-order chi connectivity index (χ0) is 28.7. The molecule has 0 unspecified atom stereocenters. The second-order valence-electron chi connectivity index (χ2n) is 11.3. The van der Waals surface area contributed by atoms with Crippen LogP contribution in [0.1, 0.15) is 47.1 Å². The maximum atomic E-state index is 13.6. The monoisotopic (exact) mass is 538 g/mol. The minimum atomic E-state index is -0.334. The first kappa shape index (κ1) is 26.2. The molecule has 0 atom stereocenters. The molecule has 4 aromatic rings. The van der Waals surface area contributed by atoms with Crippen LogP contribution in [-0.2, 0) is 4.74 Å². The first-order valence-electron chi connectivity index (χ1n) is 13.6. The highest BCUT2D eigenvalue weighted by molar-refractivity contribution is 6.40. The average molecular weight is 539 g/mol. The van der Waals surface area contributed by atoms with Crippen molar-refractivity contribution in [3.8, 4) is 0 Å². The van der Waals surface area contributed by atoms with E-state index in [1.165, 1.54) is 0 Å². The van der Waals surface area contributed by atoms with E-state index in [0.29, 0.717) is 33.7 Å². The van der Waals surface area contributed by atoms with Gasteiger partial charge in [-0.25, -0.2) is 0 Å². The summed E-state index contributed by atoms with van der Waals surface area (Å²) in [5, 5.41) is 0.830. The summed E-state index contributed by atoms with van der Waals surface area (Å²) in [6.07, 6.45) is 9.13. The number of ether oxygens (including phenoxy) is 1. The fourth-order valence-corrected chi connectivity index (χ4v) is 5.04. The minimum Gasteiger partial charge on any atom is -0.461 e. The summed E-state index contributed by atoms with van der Waals surface area (Å²) in [5.41, 5.74) is 5.08. The van der Waals surface area contributed by atoms with Crippen LogP contribution in [0.2, 0.25) is 0 Å². The zero-order valence-corrected chi connectivity index (χ0v) is 23.5. The molecule has 2 aliphatic rings. The Labute approximate surface area is 239 Å². The Kier molecular flexibility index (Phi) is 6.50. The number of fused-ring (bicyclic) bond motifs is 2. The third-order valence-corrected chi connectivity index (χ3v) is 7.39. The molecule has 0 spiro atoms. The number of anilines is 2. The highest BCUT2D eigenvalue weighted by Gasteiger charge is 2.36. The minimum absolute atomic E-state index is 0.166. The molecule has 0 fully saturated rings. The van der Waals surface area contributed by atoms with Crippen LogP contribution in [0, 0.1) is 5.41 Å². The molecule has 0 N–H and O–H groups in total. The fraction of sp³-hybridized carbons (Fsp3) is 0.139. The summed E-state index contributed by atoms with van der Waals surface area (Å²) in [6.45, 7) is 6.13. The summed E-state index contributed by atoms with van der Waals surface area (Å²) < 4.78 is 6.25. The average Bonchev–Trinajstić information content (AvgIpc) is 3.23. The largest absolute Gasteiger partial charge is 0.461 e. The van der Waals surface area contributed by atoms with Gasteiger partial charge in [-0.2, -0.15) is 0 Å². The number of ketones is 2. The smallest absolute Gasteiger partial charge is 0.198 e. The molecule has 0 saturated carbocycles. The molecule has 1 aliphatic carbocycles. The normalized spacial score (nSPS) is 17.0. The van der Waals surface area contributed by atoms with Gasteiger partial charge >= 0.3 is 0 Å². The van der Waals surface area contributed by atoms with E-state index < -0.39 is 0 Å². The third-order valence-electron chi connectivity index (χ3n) is 7.39. The summed E-state index contributed by atoms with van der Waals surface area (Å²) in [4.78, 5) is 33.6. The molecule has 6 rings (SSSR count). The molecule has 0 amide bonds. The molecule has 0 saturated heterocycles. The SMILES string of the molecule is CN(c1ccccc1)c1ccc(C=CC2=CC(=C3C(=O)c4cc5cccnc5cc4C3=O)C=C(C(C)(C)C)O2)cc1. The van der Waals surface area contributed by atoms with Gasteiger partial charge in [-0.05, 0) is 71.8 Å². The number of hydrogen-bond acceptors (Lipinski definition) is 5. The Morgan fingerprint density at radius 2 is 1.46 bits per heavy atom. The number of rotatable bonds is 4. The summed E-state index contributed by atoms with van der Waals surface area (Å²) in [5.74, 6) is 0.700. The molecule has 1 aromatic heterocycles. The molecule has 0 bridgehead atoms. The van der Waals surface area contributed by atoms with Crippen LogP contribution in [0.4, 0.5) is 11.4 Å². The van der Waals surface area contributed by atoms with Crippen molar-refractivity contribution in [1.29, 1.82) is 0 Å². The highest BCUT2D eigenvalue weighted by Crippen LogP contribution is 2.38. The quantitative estimate of drug-likeness (QED) is 0.193. The van der Waals surface area contributed by atoms with Gasteiger partial charge in [0, 0.05) is 46.5 Å². The summed E-state index contributed by atoms with van der Waals surface area (Å²) in [6, 6.07) is 25.6. The molecule has 0 radical (unpaired) electrons. The van der Waals surface area contributed by atoms with Gasteiger partial charge in [0.25, 0.3) is 0 Å². The van der Waals surface area contributed by atoms with Crippen molar-refractivity contribution in [2.75, 3.05) is 11.9 Å². The van der Waals surface area contributed by atoms with Crippen LogP contribution < -0.4 is 4.90 Å². The number of carbonyl (C=O) groups is 2. The number of carbonyl (C=O) groups excluding carboxylic acids is 2. The van der Waals surface area contributed by atoms with Crippen LogP contribution in [0.5, 0.6) is 0 Å². The lowest BCUT2D eigenvalue weighted by Gasteiger charge is -2.27. The van der Waals surface area contributed by atoms with Gasteiger partial charge in [-0.1, -0.05) is 63.2 Å². The van der Waals surface area contributed by atoms with Crippen molar-refractivity contribution in [1.82, 2.24) is 4.98 Å². The Balaban J connectivity index is 1.33. The molecule has 5 heteroatoms. The van der Waals surface area contributed by atoms with Gasteiger partial charge < -0.3 is 9.64 Å². The van der Waals surface area contributed by atoms with Crippen LogP contribution >= 0.6 is 0 Å². The number of allylic oxidation sites excluding steroid dienone is 6. The van der Waals surface area contributed by atoms with Crippen molar-refractivity contribution in [2.45, 2.75) is 20.8 Å². The molecule has 3 aromatic carbocycles. The van der Waals surface area contributed by atoms with E-state index in [1.807, 2.05) is 88.5 Å². The van der Waals surface area contributed by atoms with Gasteiger partial charge in [0.2, 0.25) is 0 Å². The van der Waals surface area contributed by atoms with Crippen molar-refractivity contribution in [3.63, 3.8) is 0 Å². The van der Waals surface area contributed by atoms with Gasteiger partial charge in [0.1, 0.15) is 11.5 Å². The molecule has 5 nitrogen and oxygen atoms in total. The van der Waals surface area contributed by atoms with Crippen LogP contribution in [-0.4, -0.2) is 23.6 Å². The maximum Gasteiger partial charge on any atom is 0.198 e. The van der Waals surface area contributed by atoms with E-state index in [1.54, 1.807) is 24.4 Å². The van der Waals surface area contributed by atoms with Crippen LogP contribution in [0.3, 0.4) is 0 Å². The third kappa shape index (κ3) is 5.03. The Bertz CT molecular complexity index is 1760. The van der Waals surface area contributed by atoms with E-state index in [2.05, 4.69) is 34.1 Å². The fourth-order valence-electron chi connectivity index (χ4n) is 5.04. The van der Waals surface area contributed by atoms with Crippen molar-refractivity contribution in [3.05, 3.63) is 143 Å². The first-order valence-corrected chi connectivity index (χ1v) is 13.6. The molecule has 202 valence electrons. The highest BCUT2D eigenvalue weighted by atomic mass is 16.5. The molecule has 41 heavy (non-hydrogen) atoms. The number of aromatic nitrogens is 1. The van der Waals surface area contributed by atoms with E-state index in [4.69, 9.17) is 4.74 Å². The lowest BCUT2D eigenvalue weighted by Crippen LogP contribution is -2.16. The van der Waals surface area contributed by atoms with E-state index in [0.717, 1.165) is 22.3 Å². The second kappa shape index (κ2) is 10.2. The van der Waals surface area contributed by atoms with Crippen molar-refractivity contribution < 1.29 is 14.3 Å². The van der Waals surface area contributed by atoms with Gasteiger partial charge in [-0.15, -0.1) is 0 Å². The van der Waals surface area contributed by atoms with Crippen molar-refractivity contribution >= 4 is 39.9 Å². The second-order valence-corrected chi connectivity index (χ2v) is 11.3. The van der Waals surface area contributed by atoms with Crippen LogP contribution in [0.15, 0.2) is 126 Å². The number of Topliss-reactive ketones (excluding diaryl/α,β-unsaturated/α-hetero) is 2. The number of pyridine rings is 1. The Morgan fingerprint density at radius 3 is 2.17 bits per heavy atom. The molecule has 2 heterocycles. The lowest BCUT2D eigenvalue weighted by atomic mass is 9.89. The Hall–Kier alpha value is -5.03. The van der Waals surface area contributed by atoms with E-state index >= 15 is 0 Å². The van der Waals surface area contributed by atoms with Gasteiger partial charge in [0.05, 0.1) is 11.1 Å². The summed E-state index contributed by atoms with van der Waals surface area (Å²) >= 11 is 0. The van der Waals surface area contributed by atoms with E-state index in [9.17, 15) is 9.59 Å². The Morgan fingerprint density at radius 1 is 0.780 bits per heavy atom. The van der Waals surface area contributed by atoms with Crippen LogP contribution in [0.25, 0.3) is 17.0 Å². The molecule has 1 aliphatic heterocycles. The number of hydrogen-bond donors (Lipinski definition) is 0. The number of nitrogens with zero attached hydrogens (tertiary/aromatic N) is 2.